The molecule has 0 fully saturated rings. The topological polar surface area (TPSA) is 0 Å². The van der Waals surface area contributed by atoms with Gasteiger partial charge in [-0.15, -0.1) is 0 Å². The lowest BCUT2D eigenvalue weighted by Gasteiger charge is -2.12. The third-order valence-corrected chi connectivity index (χ3v) is 3.99. The van der Waals surface area contributed by atoms with Gasteiger partial charge in [0.1, 0.15) is 0 Å². The minimum atomic E-state index is -4.39. The van der Waals surface area contributed by atoms with Crippen molar-refractivity contribution < 1.29 is 13.2 Å². The number of hydrogen-bond acceptors (Lipinski definition) is 0. The highest BCUT2D eigenvalue weighted by molar-refractivity contribution is 9.11. The molecule has 0 nitrogen and oxygen atoms in total. The van der Waals surface area contributed by atoms with Gasteiger partial charge >= 0.3 is 6.18 Å². The van der Waals surface area contributed by atoms with Crippen LogP contribution in [0.15, 0.2) is 45.3 Å². The molecule has 0 saturated carbocycles. The first-order chi connectivity index (χ1) is 8.79. The molecule has 6 heteroatoms. The Hall–Kier alpha value is -0.520. The van der Waals surface area contributed by atoms with Crippen LogP contribution in [0.3, 0.4) is 0 Å². The molecule has 0 heterocycles. The molecule has 0 aliphatic heterocycles. The fourth-order valence-corrected chi connectivity index (χ4v) is 3.10. The van der Waals surface area contributed by atoms with Crippen molar-refractivity contribution in [2.45, 2.75) is 6.18 Å². The van der Waals surface area contributed by atoms with Gasteiger partial charge in [0, 0.05) is 19.5 Å². The van der Waals surface area contributed by atoms with Crippen LogP contribution < -0.4 is 0 Å². The minimum absolute atomic E-state index is 0.274. The predicted molar refractivity (Wildman–Crippen MR) is 77.3 cm³/mol. The minimum Gasteiger partial charge on any atom is -0.166 e. The molecule has 0 amide bonds. The quantitative estimate of drug-likeness (QED) is 0.496. The molecule has 2 aromatic carbocycles. The van der Waals surface area contributed by atoms with Crippen LogP contribution in [0.25, 0.3) is 11.1 Å². The Morgan fingerprint density at radius 1 is 0.895 bits per heavy atom. The lowest BCUT2D eigenvalue weighted by Crippen LogP contribution is -2.04. The first kappa shape index (κ1) is 14.9. The number of halogens is 6. The van der Waals surface area contributed by atoms with E-state index in [1.54, 1.807) is 18.2 Å². The molecule has 19 heavy (non-hydrogen) atoms. The van der Waals surface area contributed by atoms with Gasteiger partial charge in [0.05, 0.1) is 5.56 Å². The maximum absolute atomic E-state index is 12.7. The van der Waals surface area contributed by atoms with Crippen LogP contribution in [0.4, 0.5) is 13.2 Å². The van der Waals surface area contributed by atoms with Crippen molar-refractivity contribution in [1.29, 1.82) is 0 Å². The molecule has 0 saturated heterocycles. The number of hydrogen-bond donors (Lipinski definition) is 0. The summed E-state index contributed by atoms with van der Waals surface area (Å²) in [6.07, 6.45) is -4.39. The third kappa shape index (κ3) is 3.33. The van der Waals surface area contributed by atoms with Crippen LogP contribution in [-0.2, 0) is 6.18 Å². The molecule has 0 bridgehead atoms. The van der Waals surface area contributed by atoms with E-state index >= 15 is 0 Å². The second kappa shape index (κ2) is 5.46. The Labute approximate surface area is 129 Å². The van der Waals surface area contributed by atoms with Crippen LogP contribution in [0.1, 0.15) is 5.56 Å². The molecule has 100 valence electrons. The lowest BCUT2D eigenvalue weighted by atomic mass is 10.0. The second-order valence-electron chi connectivity index (χ2n) is 3.82. The van der Waals surface area contributed by atoms with E-state index in [0.717, 1.165) is 16.6 Å². The number of alkyl halides is 3. The summed E-state index contributed by atoms with van der Waals surface area (Å²) < 4.78 is 39.6. The molecule has 0 radical (unpaired) electrons. The van der Waals surface area contributed by atoms with Gasteiger partial charge in [0.2, 0.25) is 0 Å². The molecule has 0 aliphatic carbocycles. The van der Waals surface area contributed by atoms with Gasteiger partial charge in [-0.1, -0.05) is 49.5 Å². The summed E-state index contributed by atoms with van der Waals surface area (Å²) >= 11 is 12.6. The molecule has 0 aliphatic rings. The van der Waals surface area contributed by atoms with Gasteiger partial charge in [-0.25, -0.2) is 0 Å². The Balaban J connectivity index is 2.61. The van der Waals surface area contributed by atoms with Crippen molar-refractivity contribution >= 4 is 43.5 Å². The average molecular weight is 414 g/mol. The Bertz CT molecular complexity index is 624. The fourth-order valence-electron chi connectivity index (χ4n) is 1.62. The molecular formula is C13H6Br2ClF3. The molecule has 0 N–H and O–H groups in total. The van der Waals surface area contributed by atoms with Crippen molar-refractivity contribution in [2.75, 3.05) is 0 Å². The first-order valence-corrected chi connectivity index (χ1v) is 7.07. The standard InChI is InChI=1S/C13H6Br2ClF3/c14-8-2-3-9(11(15)6-8)10-5-7(13(17,18)19)1-4-12(10)16/h1-6H. The summed E-state index contributed by atoms with van der Waals surface area (Å²) in [6.45, 7) is 0. The molecule has 0 spiro atoms. The fraction of sp³-hybridized carbons (Fsp3) is 0.0769. The van der Waals surface area contributed by atoms with Crippen molar-refractivity contribution in [3.8, 4) is 11.1 Å². The lowest BCUT2D eigenvalue weighted by molar-refractivity contribution is -0.137. The van der Waals surface area contributed by atoms with Gasteiger partial charge in [0.25, 0.3) is 0 Å². The highest BCUT2D eigenvalue weighted by Crippen LogP contribution is 2.39. The summed E-state index contributed by atoms with van der Waals surface area (Å²) in [6, 6.07) is 8.49. The molecular weight excluding hydrogens is 408 g/mol. The van der Waals surface area contributed by atoms with E-state index in [4.69, 9.17) is 11.6 Å². The van der Waals surface area contributed by atoms with Crippen LogP contribution in [0.5, 0.6) is 0 Å². The van der Waals surface area contributed by atoms with Gasteiger partial charge in [-0.2, -0.15) is 13.2 Å². The highest BCUT2D eigenvalue weighted by Gasteiger charge is 2.31. The van der Waals surface area contributed by atoms with Crippen LogP contribution >= 0.6 is 43.5 Å². The molecule has 0 unspecified atom stereocenters. The first-order valence-electron chi connectivity index (χ1n) is 5.11. The Morgan fingerprint density at radius 3 is 2.16 bits per heavy atom. The summed E-state index contributed by atoms with van der Waals surface area (Å²) in [5.74, 6) is 0. The summed E-state index contributed by atoms with van der Waals surface area (Å²) in [7, 11) is 0. The SMILES string of the molecule is FC(F)(F)c1ccc(Cl)c(-c2ccc(Br)cc2Br)c1. The van der Waals surface area contributed by atoms with Crippen LogP contribution in [0, 0.1) is 0 Å². The van der Waals surface area contributed by atoms with E-state index in [1.807, 2.05) is 0 Å². The molecule has 2 aromatic rings. The predicted octanol–water partition coefficient (Wildman–Crippen LogP) is 6.55. The highest BCUT2D eigenvalue weighted by atomic mass is 79.9. The van der Waals surface area contributed by atoms with Gasteiger partial charge in [-0.3, -0.25) is 0 Å². The number of benzene rings is 2. The smallest absolute Gasteiger partial charge is 0.166 e. The van der Waals surface area contributed by atoms with E-state index in [0.29, 0.717) is 15.6 Å². The maximum atomic E-state index is 12.7. The molecule has 2 rings (SSSR count). The summed E-state index contributed by atoms with van der Waals surface area (Å²) in [4.78, 5) is 0. The monoisotopic (exact) mass is 412 g/mol. The van der Waals surface area contributed by atoms with E-state index in [1.165, 1.54) is 6.07 Å². The summed E-state index contributed by atoms with van der Waals surface area (Å²) in [5.41, 5.74) is 0.233. The molecule has 0 atom stereocenters. The number of rotatable bonds is 1. The normalized spacial score (nSPS) is 11.7. The zero-order chi connectivity index (χ0) is 14.2. The molecule has 0 aromatic heterocycles. The average Bonchev–Trinajstić information content (AvgIpc) is 2.29. The van der Waals surface area contributed by atoms with Crippen molar-refractivity contribution in [1.82, 2.24) is 0 Å². The second-order valence-corrected chi connectivity index (χ2v) is 5.99. The van der Waals surface area contributed by atoms with Crippen LogP contribution in [0.2, 0.25) is 5.02 Å². The zero-order valence-electron chi connectivity index (χ0n) is 9.23. The van der Waals surface area contributed by atoms with Gasteiger partial charge in [0.15, 0.2) is 0 Å². The summed E-state index contributed by atoms with van der Waals surface area (Å²) in [5, 5.41) is 0.274. The van der Waals surface area contributed by atoms with Gasteiger partial charge < -0.3 is 0 Å². The zero-order valence-corrected chi connectivity index (χ0v) is 13.2. The third-order valence-electron chi connectivity index (χ3n) is 2.51. The van der Waals surface area contributed by atoms with Crippen molar-refractivity contribution in [3.63, 3.8) is 0 Å². The van der Waals surface area contributed by atoms with Crippen molar-refractivity contribution in [2.24, 2.45) is 0 Å². The Kier molecular flexibility index (Phi) is 4.28. The van der Waals surface area contributed by atoms with E-state index in [2.05, 4.69) is 31.9 Å². The van der Waals surface area contributed by atoms with Crippen molar-refractivity contribution in [3.05, 3.63) is 55.9 Å². The van der Waals surface area contributed by atoms with Crippen LogP contribution in [-0.4, -0.2) is 0 Å². The maximum Gasteiger partial charge on any atom is 0.416 e. The van der Waals surface area contributed by atoms with Gasteiger partial charge in [-0.05, 0) is 35.9 Å². The van der Waals surface area contributed by atoms with E-state index < -0.39 is 11.7 Å². The van der Waals surface area contributed by atoms with E-state index in [-0.39, 0.29) is 5.02 Å². The largest absolute Gasteiger partial charge is 0.416 e. The van der Waals surface area contributed by atoms with E-state index in [9.17, 15) is 13.2 Å². The Morgan fingerprint density at radius 2 is 1.58 bits per heavy atom.